The van der Waals surface area contributed by atoms with Crippen LogP contribution in [0, 0.1) is 12.5 Å². The zero-order chi connectivity index (χ0) is 23.5. The molecule has 0 saturated heterocycles. The topological polar surface area (TPSA) is 75.5 Å². The second-order valence-electron chi connectivity index (χ2n) is 8.68. The summed E-state index contributed by atoms with van der Waals surface area (Å²) in [6.07, 6.45) is 4.92. The summed E-state index contributed by atoms with van der Waals surface area (Å²) >= 11 is 3.67. The van der Waals surface area contributed by atoms with Crippen molar-refractivity contribution in [1.82, 2.24) is 9.71 Å². The Morgan fingerprint density at radius 1 is 1.06 bits per heavy atom. The first-order valence-corrected chi connectivity index (χ1v) is 14.8. The molecule has 2 aromatic carbocycles. The molecular formula is C25H26N4O2S3. The quantitative estimate of drug-likeness (QED) is 0.400. The minimum Gasteiger partial charge on any atom is -0.359 e. The molecule has 1 fully saturated rings. The third-order valence-electron chi connectivity index (χ3n) is 6.44. The summed E-state index contributed by atoms with van der Waals surface area (Å²) in [5, 5.41) is 4.64. The van der Waals surface area contributed by atoms with E-state index in [1.54, 1.807) is 23.5 Å². The number of rotatable bonds is 6. The first-order valence-electron chi connectivity index (χ1n) is 11.5. The Kier molecular flexibility index (Phi) is 6.93. The van der Waals surface area contributed by atoms with Gasteiger partial charge >= 0.3 is 0 Å². The standard InChI is InChI=1S/C25H26N4O2S3/c1-26-20-7-3-5-9-23(20)34(30,31)27-16-17-10-12-18(13-11-17)28-25-29-24-19-6-2-4-8-21(19)32-15-14-22(24)33-25/h2-9,17-18,27H,10-16H2,(H,28,29). The molecule has 1 aliphatic heterocycles. The number of thiazole rings is 1. The molecule has 1 aliphatic carbocycles. The second-order valence-corrected chi connectivity index (χ2v) is 12.6. The Morgan fingerprint density at radius 3 is 2.65 bits per heavy atom. The van der Waals surface area contributed by atoms with E-state index in [0.717, 1.165) is 48.7 Å². The molecule has 34 heavy (non-hydrogen) atoms. The summed E-state index contributed by atoms with van der Waals surface area (Å²) in [7, 11) is -3.68. The molecule has 0 atom stereocenters. The van der Waals surface area contributed by atoms with Gasteiger partial charge in [0.25, 0.3) is 0 Å². The average molecular weight is 511 g/mol. The zero-order valence-corrected chi connectivity index (χ0v) is 21.1. The van der Waals surface area contributed by atoms with Gasteiger partial charge in [-0.3, -0.25) is 0 Å². The second kappa shape index (κ2) is 10.1. The minimum atomic E-state index is -3.68. The monoisotopic (exact) mass is 510 g/mol. The molecule has 0 amide bonds. The van der Waals surface area contributed by atoms with Gasteiger partial charge in [-0.25, -0.2) is 23.0 Å². The molecule has 9 heteroatoms. The molecule has 1 saturated carbocycles. The predicted octanol–water partition coefficient (Wildman–Crippen LogP) is 5.96. The van der Waals surface area contributed by atoms with Gasteiger partial charge in [0.05, 0.1) is 17.2 Å². The summed E-state index contributed by atoms with van der Waals surface area (Å²) in [6.45, 7) is 7.62. The van der Waals surface area contributed by atoms with E-state index in [2.05, 4.69) is 39.1 Å². The molecular weight excluding hydrogens is 485 g/mol. The van der Waals surface area contributed by atoms with Crippen LogP contribution in [-0.4, -0.2) is 31.7 Å². The number of aryl methyl sites for hydroxylation is 1. The van der Waals surface area contributed by atoms with Gasteiger partial charge in [0.1, 0.15) is 0 Å². The van der Waals surface area contributed by atoms with Gasteiger partial charge in [0.2, 0.25) is 15.7 Å². The van der Waals surface area contributed by atoms with Crippen molar-refractivity contribution < 1.29 is 8.42 Å². The Morgan fingerprint density at radius 2 is 1.82 bits per heavy atom. The van der Waals surface area contributed by atoms with E-state index < -0.39 is 10.0 Å². The summed E-state index contributed by atoms with van der Waals surface area (Å²) in [6, 6.07) is 15.2. The molecule has 0 spiro atoms. The molecule has 0 unspecified atom stereocenters. The maximum absolute atomic E-state index is 12.7. The van der Waals surface area contributed by atoms with Crippen LogP contribution in [0.2, 0.25) is 0 Å². The van der Waals surface area contributed by atoms with Crippen LogP contribution in [0.4, 0.5) is 10.8 Å². The number of thioether (sulfide) groups is 1. The number of sulfonamides is 1. The molecule has 3 aromatic rings. The van der Waals surface area contributed by atoms with Crippen LogP contribution in [0.5, 0.6) is 0 Å². The van der Waals surface area contributed by atoms with Gasteiger partial charge in [-0.2, -0.15) is 0 Å². The molecule has 2 N–H and O–H groups in total. The Bertz CT molecular complexity index is 1320. The van der Waals surface area contributed by atoms with Crippen molar-refractivity contribution in [3.63, 3.8) is 0 Å². The highest BCUT2D eigenvalue weighted by molar-refractivity contribution is 7.99. The minimum absolute atomic E-state index is 0.0591. The molecule has 2 heterocycles. The Hall–Kier alpha value is -2.38. The van der Waals surface area contributed by atoms with E-state index in [4.69, 9.17) is 11.6 Å². The van der Waals surface area contributed by atoms with Crippen LogP contribution in [0.1, 0.15) is 30.6 Å². The summed E-state index contributed by atoms with van der Waals surface area (Å²) in [5.41, 5.74) is 2.52. The van der Waals surface area contributed by atoms with Gasteiger partial charge in [-0.15, -0.1) is 23.1 Å². The third kappa shape index (κ3) is 5.01. The van der Waals surface area contributed by atoms with Crippen LogP contribution >= 0.6 is 23.1 Å². The van der Waals surface area contributed by atoms with E-state index in [9.17, 15) is 8.42 Å². The van der Waals surface area contributed by atoms with E-state index in [1.807, 2.05) is 11.8 Å². The third-order valence-corrected chi connectivity index (χ3v) is 10.0. The van der Waals surface area contributed by atoms with E-state index in [-0.39, 0.29) is 10.6 Å². The zero-order valence-electron chi connectivity index (χ0n) is 18.7. The first kappa shape index (κ1) is 23.4. The maximum atomic E-state index is 12.7. The lowest BCUT2D eigenvalue weighted by molar-refractivity contribution is 0.337. The van der Waals surface area contributed by atoms with Crippen molar-refractivity contribution in [3.05, 3.63) is 64.8 Å². The largest absolute Gasteiger partial charge is 0.359 e. The van der Waals surface area contributed by atoms with E-state index in [0.29, 0.717) is 18.5 Å². The van der Waals surface area contributed by atoms with Crippen molar-refractivity contribution in [2.45, 2.75) is 47.9 Å². The number of aromatic nitrogens is 1. The van der Waals surface area contributed by atoms with Crippen LogP contribution in [0.25, 0.3) is 16.1 Å². The molecule has 5 rings (SSSR count). The van der Waals surface area contributed by atoms with Crippen LogP contribution in [-0.2, 0) is 16.4 Å². The van der Waals surface area contributed by atoms with Crippen molar-refractivity contribution in [3.8, 4) is 11.3 Å². The highest BCUT2D eigenvalue weighted by Crippen LogP contribution is 2.41. The SMILES string of the molecule is [C-]#[N+]c1ccccc1S(=O)(=O)NCC1CCC(Nc2nc3c(s2)CCSc2ccccc2-3)CC1. The Labute approximate surface area is 209 Å². The number of nitrogens with one attached hydrogen (secondary N) is 2. The van der Waals surface area contributed by atoms with Crippen molar-refractivity contribution in [2.75, 3.05) is 17.6 Å². The van der Waals surface area contributed by atoms with E-state index >= 15 is 0 Å². The van der Waals surface area contributed by atoms with Crippen molar-refractivity contribution >= 4 is 43.9 Å². The van der Waals surface area contributed by atoms with Crippen LogP contribution in [0.3, 0.4) is 0 Å². The smallest absolute Gasteiger partial charge is 0.231 e. The highest BCUT2D eigenvalue weighted by Gasteiger charge is 2.26. The summed E-state index contributed by atoms with van der Waals surface area (Å²) in [5.74, 6) is 1.37. The summed E-state index contributed by atoms with van der Waals surface area (Å²) in [4.78, 5) is 11.0. The normalized spacial score (nSPS) is 20.0. The first-order chi connectivity index (χ1) is 16.5. The highest BCUT2D eigenvalue weighted by atomic mass is 32.2. The van der Waals surface area contributed by atoms with Gasteiger partial charge in [0.15, 0.2) is 5.13 Å². The fourth-order valence-electron chi connectivity index (χ4n) is 4.60. The van der Waals surface area contributed by atoms with Gasteiger partial charge < -0.3 is 5.32 Å². The molecule has 0 bridgehead atoms. The van der Waals surface area contributed by atoms with Gasteiger partial charge in [-0.1, -0.05) is 42.5 Å². The number of anilines is 1. The average Bonchev–Trinajstić information content (AvgIpc) is 3.17. The number of hydrogen-bond acceptors (Lipinski definition) is 6. The lowest BCUT2D eigenvalue weighted by Crippen LogP contribution is -2.34. The number of para-hydroxylation sites is 1. The van der Waals surface area contributed by atoms with Gasteiger partial charge in [-0.05, 0) is 44.1 Å². The van der Waals surface area contributed by atoms with Crippen LogP contribution < -0.4 is 10.0 Å². The maximum Gasteiger partial charge on any atom is 0.231 e. The number of hydrogen-bond donors (Lipinski definition) is 2. The fourth-order valence-corrected chi connectivity index (χ4v) is 8.06. The van der Waals surface area contributed by atoms with Crippen molar-refractivity contribution in [2.24, 2.45) is 5.92 Å². The molecule has 6 nitrogen and oxygen atoms in total. The van der Waals surface area contributed by atoms with E-state index in [1.165, 1.54) is 27.5 Å². The van der Waals surface area contributed by atoms with Crippen LogP contribution in [0.15, 0.2) is 58.3 Å². The Balaban J connectivity index is 1.17. The summed E-state index contributed by atoms with van der Waals surface area (Å²) < 4.78 is 28.1. The van der Waals surface area contributed by atoms with Gasteiger partial charge in [0, 0.05) is 33.7 Å². The lowest BCUT2D eigenvalue weighted by Gasteiger charge is -2.29. The molecule has 176 valence electrons. The van der Waals surface area contributed by atoms with Crippen molar-refractivity contribution in [1.29, 1.82) is 0 Å². The number of nitrogens with zero attached hydrogens (tertiary/aromatic N) is 2. The molecule has 2 aliphatic rings. The lowest BCUT2D eigenvalue weighted by atomic mass is 9.86. The molecule has 1 aromatic heterocycles. The fraction of sp³-hybridized carbons (Fsp3) is 0.360. The molecule has 0 radical (unpaired) electrons. The predicted molar refractivity (Wildman–Crippen MR) is 139 cm³/mol. The number of benzene rings is 2. The number of fused-ring (bicyclic) bond motifs is 3.